The molecule has 174 valence electrons. The average Bonchev–Trinajstić information content (AvgIpc) is 3.17. The molecule has 0 amide bonds. The predicted molar refractivity (Wildman–Crippen MR) is 117 cm³/mol. The van der Waals surface area contributed by atoms with Crippen LogP contribution in [0.15, 0.2) is 47.7 Å². The van der Waals surface area contributed by atoms with Gasteiger partial charge in [0.2, 0.25) is 6.04 Å². The van der Waals surface area contributed by atoms with Crippen molar-refractivity contribution in [3.05, 3.63) is 70.5 Å². The third kappa shape index (κ3) is 9.41. The third-order valence-electron chi connectivity index (χ3n) is 4.65. The summed E-state index contributed by atoms with van der Waals surface area (Å²) in [5.41, 5.74) is 1.24. The maximum atomic E-state index is 12.8. The number of benzene rings is 1. The fourth-order valence-electron chi connectivity index (χ4n) is 2.89. The fraction of sp³-hybridized carbons (Fsp3) is 0.348. The van der Waals surface area contributed by atoms with Crippen LogP contribution in [-0.4, -0.2) is 41.5 Å². The Morgan fingerprint density at radius 2 is 2.00 bits per heavy atom. The van der Waals surface area contributed by atoms with E-state index in [4.69, 9.17) is 18.2 Å². The molecule has 2 aromatic rings. The zero-order chi connectivity index (χ0) is 24.3. The second-order valence-electron chi connectivity index (χ2n) is 7.32. The van der Waals surface area contributed by atoms with E-state index in [1.54, 1.807) is 12.3 Å². The van der Waals surface area contributed by atoms with Crippen molar-refractivity contribution in [2.45, 2.75) is 50.2 Å². The van der Waals surface area contributed by atoms with Gasteiger partial charge >= 0.3 is 0 Å². The van der Waals surface area contributed by atoms with Gasteiger partial charge in [-0.05, 0) is 12.5 Å². The fourth-order valence-corrected chi connectivity index (χ4v) is 3.08. The Kier molecular flexibility index (Phi) is 10.0. The van der Waals surface area contributed by atoms with Crippen molar-refractivity contribution < 1.29 is 27.5 Å². The van der Waals surface area contributed by atoms with Gasteiger partial charge in [-0.15, -0.1) is 0 Å². The van der Waals surface area contributed by atoms with Crippen molar-refractivity contribution in [1.29, 1.82) is 0 Å². The highest BCUT2D eigenvalue weighted by Crippen LogP contribution is 2.39. The molecule has 0 unspecified atom stereocenters. The molecule has 0 radical (unpaired) electrons. The largest absolute Gasteiger partial charge is 0.464 e. The normalized spacial score (nSPS) is 18.8. The van der Waals surface area contributed by atoms with Gasteiger partial charge in [0.25, 0.3) is 12.4 Å². The molecule has 4 rings (SSSR count). The van der Waals surface area contributed by atoms with Gasteiger partial charge in [0.1, 0.15) is 17.7 Å². The van der Waals surface area contributed by atoms with E-state index in [0.717, 1.165) is 11.8 Å². The van der Waals surface area contributed by atoms with Gasteiger partial charge in [0, 0.05) is 35.7 Å². The van der Waals surface area contributed by atoms with Crippen molar-refractivity contribution in [1.82, 2.24) is 4.98 Å². The topological polar surface area (TPSA) is 73.0 Å². The number of carbonyl (C=O) groups is 2. The van der Waals surface area contributed by atoms with Crippen LogP contribution in [0.5, 0.6) is 0 Å². The monoisotopic (exact) mass is 479 g/mol. The maximum absolute atomic E-state index is 12.8. The van der Waals surface area contributed by atoms with Crippen LogP contribution in [0.4, 0.5) is 18.9 Å². The van der Waals surface area contributed by atoms with Gasteiger partial charge in [-0.3, -0.25) is 19.6 Å². The molecule has 0 bridgehead atoms. The summed E-state index contributed by atoms with van der Waals surface area (Å²) in [5.74, 6) is -2.73. The number of alkyl halides is 2. The van der Waals surface area contributed by atoms with Gasteiger partial charge in [-0.2, -0.15) is 0 Å². The number of aliphatic imine (C=N–C) groups is 1. The Morgan fingerprint density at radius 3 is 2.52 bits per heavy atom. The van der Waals surface area contributed by atoms with E-state index in [2.05, 4.69) is 19.6 Å². The molecular weight excluding hydrogens is 459 g/mol. The molecule has 2 fully saturated rings. The maximum Gasteiger partial charge on any atom is 0.293 e. The van der Waals surface area contributed by atoms with E-state index in [0.29, 0.717) is 36.4 Å². The molecule has 33 heavy (non-hydrogen) atoms. The molecule has 2 aliphatic carbocycles. The number of pyridine rings is 1. The number of ketones is 1. The number of halogens is 4. The Balaban J connectivity index is 0.000000192. The Hall–Kier alpha value is -3.25. The highest BCUT2D eigenvalue weighted by atomic mass is 35.5. The van der Waals surface area contributed by atoms with Gasteiger partial charge in [-0.25, -0.2) is 19.7 Å². The molecule has 2 saturated carbocycles. The molecule has 0 N–H and O–H groups in total. The minimum atomic E-state index is -2.52. The molecule has 10 heteroatoms. The molecule has 1 aromatic heterocycles. The first-order chi connectivity index (χ1) is 15.7. The van der Waals surface area contributed by atoms with Crippen LogP contribution >= 0.6 is 11.6 Å². The van der Waals surface area contributed by atoms with Gasteiger partial charge in [-0.1, -0.05) is 29.8 Å². The summed E-state index contributed by atoms with van der Waals surface area (Å²) in [5, 5.41) is 0.607. The van der Waals surface area contributed by atoms with Crippen molar-refractivity contribution in [2.24, 2.45) is 4.99 Å². The first kappa shape index (κ1) is 26.0. The van der Waals surface area contributed by atoms with Crippen LogP contribution in [0.2, 0.25) is 5.02 Å². The Bertz CT molecular complexity index is 1020. The molecule has 0 spiro atoms. The second-order valence-corrected chi connectivity index (χ2v) is 7.73. The van der Waals surface area contributed by atoms with Gasteiger partial charge in [0.15, 0.2) is 0 Å². The molecule has 1 aromatic carbocycles. The smallest absolute Gasteiger partial charge is 0.293 e. The lowest BCUT2D eigenvalue weighted by atomic mass is 9.89. The standard InChI is InChI=1S/C12H8ClFN2.C6H8O3.C5H5F2N/c13-12-4-2-1-3-9(12)6-16-11-5-10(14)7-15-8-11;7-4-9-6-2-1-5(8)3-6;1-8-4-2-5(6,7)3-4/h1-8H;4,6H,1-3H2;4H,2-3H2/t;6-;/m.1./s1. The van der Waals surface area contributed by atoms with Crippen LogP contribution in [-0.2, 0) is 14.3 Å². The number of Topliss-reactive ketones (excluding diaryl/α,β-unsaturated/α-hetero) is 1. The second kappa shape index (κ2) is 12.7. The lowest BCUT2D eigenvalue weighted by Crippen LogP contribution is -2.37. The number of ether oxygens (including phenoxy) is 1. The van der Waals surface area contributed by atoms with Gasteiger partial charge < -0.3 is 9.58 Å². The van der Waals surface area contributed by atoms with E-state index in [1.165, 1.54) is 12.3 Å². The summed E-state index contributed by atoms with van der Waals surface area (Å²) < 4.78 is 41.0. The summed E-state index contributed by atoms with van der Waals surface area (Å²) >= 11 is 5.94. The minimum absolute atomic E-state index is 0.130. The molecule has 0 saturated heterocycles. The van der Waals surface area contributed by atoms with Crippen LogP contribution in [0.3, 0.4) is 0 Å². The third-order valence-corrected chi connectivity index (χ3v) is 4.99. The number of hydrogen-bond donors (Lipinski definition) is 0. The Morgan fingerprint density at radius 1 is 1.27 bits per heavy atom. The van der Waals surface area contributed by atoms with Crippen LogP contribution in [0, 0.1) is 12.4 Å². The minimum Gasteiger partial charge on any atom is -0.464 e. The molecule has 2 aliphatic rings. The highest BCUT2D eigenvalue weighted by molar-refractivity contribution is 6.33. The summed E-state index contributed by atoms with van der Waals surface area (Å²) in [6, 6.07) is 8.21. The summed E-state index contributed by atoms with van der Waals surface area (Å²) in [7, 11) is 0. The zero-order valence-electron chi connectivity index (χ0n) is 17.5. The van der Waals surface area contributed by atoms with E-state index in [1.807, 2.05) is 18.2 Å². The quantitative estimate of drug-likeness (QED) is 0.324. The first-order valence-electron chi connectivity index (χ1n) is 9.97. The highest BCUT2D eigenvalue weighted by Gasteiger charge is 2.50. The van der Waals surface area contributed by atoms with Gasteiger partial charge in [0.05, 0.1) is 30.9 Å². The number of carbonyl (C=O) groups excluding carboxylic acids is 2. The van der Waals surface area contributed by atoms with Crippen molar-refractivity contribution in [3.63, 3.8) is 0 Å². The van der Waals surface area contributed by atoms with E-state index in [-0.39, 0.29) is 24.7 Å². The number of rotatable bonds is 4. The zero-order valence-corrected chi connectivity index (χ0v) is 18.2. The lowest BCUT2D eigenvalue weighted by Gasteiger charge is -2.25. The van der Waals surface area contributed by atoms with Crippen molar-refractivity contribution in [2.75, 3.05) is 0 Å². The first-order valence-corrected chi connectivity index (χ1v) is 10.3. The number of nitrogens with zero attached hydrogens (tertiary/aromatic N) is 3. The lowest BCUT2D eigenvalue weighted by molar-refractivity contribution is -0.133. The van der Waals surface area contributed by atoms with Crippen LogP contribution < -0.4 is 0 Å². The van der Waals surface area contributed by atoms with E-state index in [9.17, 15) is 22.8 Å². The molecule has 1 atom stereocenters. The number of aromatic nitrogens is 1. The summed E-state index contributed by atoms with van der Waals surface area (Å²) in [6.45, 7) is 6.73. The number of hydrogen-bond acceptors (Lipinski definition) is 5. The summed E-state index contributed by atoms with van der Waals surface area (Å²) in [4.78, 5) is 31.0. The van der Waals surface area contributed by atoms with E-state index < -0.39 is 17.8 Å². The van der Waals surface area contributed by atoms with E-state index >= 15 is 0 Å². The predicted octanol–water partition coefficient (Wildman–Crippen LogP) is 5.61. The molecule has 0 aliphatic heterocycles. The summed E-state index contributed by atoms with van der Waals surface area (Å²) in [6.07, 6.45) is 5.31. The molecule has 1 heterocycles. The SMILES string of the molecule is Fc1cncc(N=Cc2ccccc2Cl)c1.O=CO[C@@H]1CCC(=O)C1.[C-]#[N+]C1CC(F)(F)C1. The molecular formula is C23H21ClF3N3O3. The molecule has 6 nitrogen and oxygen atoms in total. The van der Waals surface area contributed by atoms with Crippen LogP contribution in [0.1, 0.15) is 37.7 Å². The van der Waals surface area contributed by atoms with Crippen molar-refractivity contribution in [3.8, 4) is 0 Å². The van der Waals surface area contributed by atoms with Crippen LogP contribution in [0.25, 0.3) is 4.85 Å². The van der Waals surface area contributed by atoms with Crippen molar-refractivity contribution >= 4 is 35.8 Å². The Labute approximate surface area is 194 Å². The average molecular weight is 480 g/mol.